The first kappa shape index (κ1) is 7.54. The molecule has 10 heavy (non-hydrogen) atoms. The monoisotopic (exact) mass is 143 g/mol. The first-order valence-electron chi connectivity index (χ1n) is 3.69. The molecule has 0 aliphatic carbocycles. The fourth-order valence-corrected chi connectivity index (χ4v) is 1.45. The molecule has 1 rings (SSSR count). The molecule has 0 amide bonds. The molecule has 3 nitrogen and oxygen atoms in total. The zero-order valence-electron chi connectivity index (χ0n) is 6.13. The van der Waals surface area contributed by atoms with E-state index in [-0.39, 0.29) is 5.92 Å². The summed E-state index contributed by atoms with van der Waals surface area (Å²) < 4.78 is 0. The second-order valence-electron chi connectivity index (χ2n) is 2.77. The number of nitrogens with one attached hydrogen (secondary N) is 1. The lowest BCUT2D eigenvalue weighted by Gasteiger charge is -2.10. The third-order valence-corrected chi connectivity index (χ3v) is 2.18. The Labute approximate surface area is 60.4 Å². The van der Waals surface area contributed by atoms with Crippen molar-refractivity contribution in [1.82, 2.24) is 5.32 Å². The summed E-state index contributed by atoms with van der Waals surface area (Å²) in [4.78, 5) is 10.5. The molecule has 2 N–H and O–H groups in total. The van der Waals surface area contributed by atoms with Crippen LogP contribution < -0.4 is 5.32 Å². The van der Waals surface area contributed by atoms with Gasteiger partial charge in [-0.15, -0.1) is 0 Å². The molecule has 0 bridgehead atoms. The molecule has 2 atom stereocenters. The van der Waals surface area contributed by atoms with E-state index in [1.807, 2.05) is 6.92 Å². The Morgan fingerprint density at radius 2 is 2.40 bits per heavy atom. The van der Waals surface area contributed by atoms with E-state index in [9.17, 15) is 4.79 Å². The molecule has 1 aliphatic rings. The number of carbonyl (C=O) groups is 1. The van der Waals surface area contributed by atoms with Crippen molar-refractivity contribution >= 4 is 5.97 Å². The van der Waals surface area contributed by atoms with Crippen LogP contribution in [0, 0.1) is 11.8 Å². The maximum Gasteiger partial charge on any atom is 0.308 e. The SMILES string of the molecule is CCC1CNCC1C(=O)O. The van der Waals surface area contributed by atoms with Gasteiger partial charge < -0.3 is 10.4 Å². The number of carboxylic acids is 1. The van der Waals surface area contributed by atoms with Gasteiger partial charge in [0.25, 0.3) is 0 Å². The van der Waals surface area contributed by atoms with E-state index < -0.39 is 5.97 Å². The quantitative estimate of drug-likeness (QED) is 0.585. The minimum Gasteiger partial charge on any atom is -0.481 e. The van der Waals surface area contributed by atoms with E-state index in [2.05, 4.69) is 5.32 Å². The molecule has 58 valence electrons. The summed E-state index contributed by atoms with van der Waals surface area (Å²) in [5.41, 5.74) is 0. The third-order valence-electron chi connectivity index (χ3n) is 2.18. The Kier molecular flexibility index (Phi) is 2.27. The second-order valence-corrected chi connectivity index (χ2v) is 2.77. The molecule has 1 fully saturated rings. The second kappa shape index (κ2) is 3.01. The summed E-state index contributed by atoms with van der Waals surface area (Å²) in [6.45, 7) is 3.55. The van der Waals surface area contributed by atoms with Crippen LogP contribution >= 0.6 is 0 Å². The summed E-state index contributed by atoms with van der Waals surface area (Å²) in [6.07, 6.45) is 0.962. The van der Waals surface area contributed by atoms with Gasteiger partial charge >= 0.3 is 5.97 Å². The van der Waals surface area contributed by atoms with Crippen LogP contribution in [0.3, 0.4) is 0 Å². The van der Waals surface area contributed by atoms with Gasteiger partial charge in [0.05, 0.1) is 5.92 Å². The van der Waals surface area contributed by atoms with E-state index in [0.717, 1.165) is 13.0 Å². The van der Waals surface area contributed by atoms with Crippen LogP contribution in [0.2, 0.25) is 0 Å². The Balaban J connectivity index is 2.50. The van der Waals surface area contributed by atoms with E-state index in [4.69, 9.17) is 5.11 Å². The lowest BCUT2D eigenvalue weighted by atomic mass is 9.94. The number of aliphatic carboxylic acids is 1. The number of hydrogen-bond donors (Lipinski definition) is 2. The van der Waals surface area contributed by atoms with Crippen LogP contribution in [-0.2, 0) is 4.79 Å². The number of hydrogen-bond acceptors (Lipinski definition) is 2. The summed E-state index contributed by atoms with van der Waals surface area (Å²) in [5.74, 6) is -0.459. The fraction of sp³-hybridized carbons (Fsp3) is 0.857. The van der Waals surface area contributed by atoms with Crippen molar-refractivity contribution < 1.29 is 9.90 Å². The Bertz CT molecular complexity index is 136. The summed E-state index contributed by atoms with van der Waals surface area (Å²) in [5, 5.41) is 11.7. The Morgan fingerprint density at radius 1 is 1.70 bits per heavy atom. The molecule has 0 aromatic carbocycles. The van der Waals surface area contributed by atoms with Crippen LogP contribution in [0.25, 0.3) is 0 Å². The lowest BCUT2D eigenvalue weighted by molar-refractivity contribution is -0.142. The Hall–Kier alpha value is -0.570. The number of carboxylic acid groups (broad SMARTS) is 1. The molecule has 2 unspecified atom stereocenters. The minimum atomic E-state index is -0.656. The molecule has 1 aliphatic heterocycles. The average Bonchev–Trinajstić information content (AvgIpc) is 2.33. The van der Waals surface area contributed by atoms with Crippen LogP contribution in [0.5, 0.6) is 0 Å². The maximum atomic E-state index is 10.5. The maximum absolute atomic E-state index is 10.5. The largest absolute Gasteiger partial charge is 0.481 e. The summed E-state index contributed by atoms with van der Waals surface area (Å²) >= 11 is 0. The normalized spacial score (nSPS) is 32.5. The minimum absolute atomic E-state index is 0.148. The fourth-order valence-electron chi connectivity index (χ4n) is 1.45. The van der Waals surface area contributed by atoms with Gasteiger partial charge in [0, 0.05) is 6.54 Å². The van der Waals surface area contributed by atoms with E-state index >= 15 is 0 Å². The van der Waals surface area contributed by atoms with E-state index in [0.29, 0.717) is 12.5 Å². The predicted octanol–water partition coefficient (Wildman–Crippen LogP) is 0.317. The van der Waals surface area contributed by atoms with Crippen molar-refractivity contribution in [3.63, 3.8) is 0 Å². The third kappa shape index (κ3) is 1.29. The van der Waals surface area contributed by atoms with Gasteiger partial charge in [0.15, 0.2) is 0 Å². The summed E-state index contributed by atoms with van der Waals surface area (Å²) in [7, 11) is 0. The highest BCUT2D eigenvalue weighted by atomic mass is 16.4. The Morgan fingerprint density at radius 3 is 2.80 bits per heavy atom. The molecule has 1 heterocycles. The summed E-state index contributed by atoms with van der Waals surface area (Å²) in [6, 6.07) is 0. The van der Waals surface area contributed by atoms with E-state index in [1.165, 1.54) is 0 Å². The van der Waals surface area contributed by atoms with Crippen LogP contribution in [0.1, 0.15) is 13.3 Å². The van der Waals surface area contributed by atoms with Crippen molar-refractivity contribution in [3.8, 4) is 0 Å². The van der Waals surface area contributed by atoms with Gasteiger partial charge in [0.2, 0.25) is 0 Å². The molecule has 3 heteroatoms. The van der Waals surface area contributed by atoms with Crippen molar-refractivity contribution in [3.05, 3.63) is 0 Å². The van der Waals surface area contributed by atoms with Crippen LogP contribution in [-0.4, -0.2) is 24.2 Å². The van der Waals surface area contributed by atoms with Crippen molar-refractivity contribution in [2.45, 2.75) is 13.3 Å². The zero-order valence-corrected chi connectivity index (χ0v) is 6.13. The van der Waals surface area contributed by atoms with Gasteiger partial charge in [-0.1, -0.05) is 13.3 Å². The predicted molar refractivity (Wildman–Crippen MR) is 37.8 cm³/mol. The molecular weight excluding hydrogens is 130 g/mol. The van der Waals surface area contributed by atoms with Crippen LogP contribution in [0.15, 0.2) is 0 Å². The number of rotatable bonds is 2. The zero-order chi connectivity index (χ0) is 7.56. The lowest BCUT2D eigenvalue weighted by Crippen LogP contribution is -2.21. The average molecular weight is 143 g/mol. The van der Waals surface area contributed by atoms with Crippen molar-refractivity contribution in [1.29, 1.82) is 0 Å². The molecule has 0 saturated carbocycles. The molecule has 1 saturated heterocycles. The van der Waals surface area contributed by atoms with Gasteiger partial charge in [-0.25, -0.2) is 0 Å². The van der Waals surface area contributed by atoms with Crippen LogP contribution in [0.4, 0.5) is 0 Å². The molecule has 0 aromatic heterocycles. The first-order valence-corrected chi connectivity index (χ1v) is 3.69. The van der Waals surface area contributed by atoms with Crippen molar-refractivity contribution in [2.24, 2.45) is 11.8 Å². The van der Waals surface area contributed by atoms with E-state index in [1.54, 1.807) is 0 Å². The smallest absolute Gasteiger partial charge is 0.308 e. The van der Waals surface area contributed by atoms with Crippen molar-refractivity contribution in [2.75, 3.05) is 13.1 Å². The van der Waals surface area contributed by atoms with Gasteiger partial charge in [-0.05, 0) is 12.5 Å². The molecule has 0 aromatic rings. The molecule has 0 radical (unpaired) electrons. The van der Waals surface area contributed by atoms with Gasteiger partial charge in [0.1, 0.15) is 0 Å². The highest BCUT2D eigenvalue weighted by Crippen LogP contribution is 2.19. The van der Waals surface area contributed by atoms with Gasteiger partial charge in [-0.3, -0.25) is 4.79 Å². The van der Waals surface area contributed by atoms with Gasteiger partial charge in [-0.2, -0.15) is 0 Å². The standard InChI is InChI=1S/C7H13NO2/c1-2-5-3-8-4-6(5)7(9)10/h5-6,8H,2-4H2,1H3,(H,9,10). The highest BCUT2D eigenvalue weighted by Gasteiger charge is 2.30. The first-order chi connectivity index (χ1) is 4.75. The molecule has 0 spiro atoms. The highest BCUT2D eigenvalue weighted by molar-refractivity contribution is 5.71. The topological polar surface area (TPSA) is 49.3 Å². The molecular formula is C7H13NO2.